The third kappa shape index (κ3) is 6.55. The van der Waals surface area contributed by atoms with Gasteiger partial charge in [0, 0.05) is 35.6 Å². The van der Waals surface area contributed by atoms with Gasteiger partial charge in [-0.2, -0.15) is 0 Å². The number of rotatable bonds is 10. The van der Waals surface area contributed by atoms with E-state index in [-0.39, 0.29) is 36.0 Å². The highest BCUT2D eigenvalue weighted by Gasteiger charge is 2.38. The van der Waals surface area contributed by atoms with Gasteiger partial charge in [-0.3, -0.25) is 14.9 Å². The Morgan fingerprint density at radius 1 is 0.974 bits per heavy atom. The van der Waals surface area contributed by atoms with Gasteiger partial charge in [0.1, 0.15) is 6.54 Å². The van der Waals surface area contributed by atoms with Gasteiger partial charge >= 0.3 is 17.9 Å². The molecule has 1 unspecified atom stereocenters. The molecular weight excluding hydrogens is 494 g/mol. The summed E-state index contributed by atoms with van der Waals surface area (Å²) in [6, 6.07) is 13.1. The summed E-state index contributed by atoms with van der Waals surface area (Å²) in [5.74, 6) is -2.62. The first-order chi connectivity index (χ1) is 18.2. The number of methoxy groups -OCH3 is 2. The molecule has 11 heteroatoms. The van der Waals surface area contributed by atoms with Crippen LogP contribution in [0.3, 0.4) is 0 Å². The van der Waals surface area contributed by atoms with E-state index in [1.165, 1.54) is 32.4 Å². The van der Waals surface area contributed by atoms with E-state index in [2.05, 4.69) is 15.4 Å². The minimum Gasteiger partial charge on any atom is -0.468 e. The number of hydrogen-bond acceptors (Lipinski definition) is 10. The molecule has 0 amide bonds. The number of nitro groups is 1. The highest BCUT2D eigenvalue weighted by molar-refractivity contribution is 5.99. The van der Waals surface area contributed by atoms with Crippen LogP contribution in [0.2, 0.25) is 0 Å². The third-order valence-corrected chi connectivity index (χ3v) is 6.04. The number of nitro benzene ring substituents is 1. The molecule has 1 aliphatic rings. The first-order valence-corrected chi connectivity index (χ1v) is 11.7. The highest BCUT2D eigenvalue weighted by atomic mass is 16.6. The van der Waals surface area contributed by atoms with Crippen molar-refractivity contribution in [2.45, 2.75) is 26.2 Å². The van der Waals surface area contributed by atoms with Crippen LogP contribution in [-0.4, -0.2) is 50.2 Å². The zero-order valence-electron chi connectivity index (χ0n) is 21.5. The number of carbonyl (C=O) groups excluding carboxylic acids is 3. The lowest BCUT2D eigenvalue weighted by Gasteiger charge is -2.30. The van der Waals surface area contributed by atoms with Gasteiger partial charge in [0.25, 0.3) is 5.69 Å². The van der Waals surface area contributed by atoms with Crippen LogP contribution in [0.25, 0.3) is 0 Å². The molecule has 0 spiro atoms. The zero-order chi connectivity index (χ0) is 27.8. The average molecular weight is 524 g/mol. The van der Waals surface area contributed by atoms with Gasteiger partial charge < -0.3 is 24.8 Å². The average Bonchev–Trinajstić information content (AvgIpc) is 2.91. The Labute approximate surface area is 219 Å². The van der Waals surface area contributed by atoms with Gasteiger partial charge in [-0.15, -0.1) is 0 Å². The second-order valence-electron chi connectivity index (χ2n) is 8.49. The molecule has 3 rings (SSSR count). The number of ether oxygens (including phenoxy) is 3. The quantitative estimate of drug-likeness (QED) is 0.206. The summed E-state index contributed by atoms with van der Waals surface area (Å²) in [5.41, 5.74) is 3.14. The molecule has 1 aliphatic heterocycles. The van der Waals surface area contributed by atoms with Gasteiger partial charge in [0.2, 0.25) is 0 Å². The SMILES string of the molecule is COC(=O)CNc1ccc(CCOC(=O)C2=C(C)NC(C)=C(C(=O)OC)C2c2cccc([N+](=O)[O-])c2)cc1. The van der Waals surface area contributed by atoms with E-state index in [1.807, 2.05) is 12.1 Å². The van der Waals surface area contributed by atoms with Crippen LogP contribution in [0.15, 0.2) is 71.1 Å². The lowest BCUT2D eigenvalue weighted by Crippen LogP contribution is -2.32. The molecule has 11 nitrogen and oxygen atoms in total. The molecule has 0 saturated carbocycles. The summed E-state index contributed by atoms with van der Waals surface area (Å²) < 4.78 is 15.1. The molecule has 2 N–H and O–H groups in total. The van der Waals surface area contributed by atoms with Gasteiger partial charge in [0.15, 0.2) is 0 Å². The largest absolute Gasteiger partial charge is 0.468 e. The molecule has 2 aromatic rings. The Morgan fingerprint density at radius 2 is 1.63 bits per heavy atom. The van der Waals surface area contributed by atoms with E-state index in [1.54, 1.807) is 32.0 Å². The molecule has 1 atom stereocenters. The van der Waals surface area contributed by atoms with Gasteiger partial charge in [-0.25, -0.2) is 9.59 Å². The fourth-order valence-electron chi connectivity index (χ4n) is 4.17. The summed E-state index contributed by atoms with van der Waals surface area (Å²) >= 11 is 0. The van der Waals surface area contributed by atoms with Crippen molar-refractivity contribution in [1.82, 2.24) is 5.32 Å². The van der Waals surface area contributed by atoms with Crippen molar-refractivity contribution in [1.29, 1.82) is 0 Å². The molecular formula is C27H29N3O8. The normalized spacial score (nSPS) is 14.9. The Morgan fingerprint density at radius 3 is 2.24 bits per heavy atom. The smallest absolute Gasteiger partial charge is 0.336 e. The Bertz CT molecular complexity index is 1300. The fraction of sp³-hybridized carbons (Fsp3) is 0.296. The van der Waals surface area contributed by atoms with Crippen molar-refractivity contribution in [3.05, 3.63) is 92.3 Å². The van der Waals surface area contributed by atoms with Crippen molar-refractivity contribution in [2.75, 3.05) is 32.7 Å². The second-order valence-corrected chi connectivity index (χ2v) is 8.49. The van der Waals surface area contributed by atoms with Gasteiger partial charge in [0.05, 0.1) is 42.8 Å². The number of benzene rings is 2. The van der Waals surface area contributed by atoms with Crippen molar-refractivity contribution in [3.8, 4) is 0 Å². The maximum absolute atomic E-state index is 13.3. The predicted octanol–water partition coefficient (Wildman–Crippen LogP) is 3.37. The number of anilines is 1. The van der Waals surface area contributed by atoms with Crippen molar-refractivity contribution < 1.29 is 33.5 Å². The van der Waals surface area contributed by atoms with E-state index in [9.17, 15) is 24.5 Å². The van der Waals surface area contributed by atoms with Gasteiger partial charge in [-0.05, 0) is 37.1 Å². The monoisotopic (exact) mass is 523 g/mol. The summed E-state index contributed by atoms with van der Waals surface area (Å²) in [6.07, 6.45) is 0.420. The maximum atomic E-state index is 13.3. The minimum atomic E-state index is -0.920. The maximum Gasteiger partial charge on any atom is 0.336 e. The van der Waals surface area contributed by atoms with E-state index in [4.69, 9.17) is 9.47 Å². The number of non-ortho nitro benzene ring substituents is 1. The standard InChI is InChI=1S/C27H29N3O8/c1-16-23(26(32)37-4)25(19-6-5-7-21(14-19)30(34)35)24(17(2)29-16)27(33)38-13-12-18-8-10-20(11-9-18)28-15-22(31)36-3/h5-11,14,25,28-29H,12-13,15H2,1-4H3. The lowest BCUT2D eigenvalue weighted by atomic mass is 9.80. The number of esters is 3. The van der Waals surface area contributed by atoms with E-state index >= 15 is 0 Å². The molecule has 0 aliphatic carbocycles. The molecule has 0 bridgehead atoms. The number of hydrogen-bond donors (Lipinski definition) is 2. The summed E-state index contributed by atoms with van der Waals surface area (Å²) in [4.78, 5) is 48.2. The Kier molecular flexibility index (Phi) is 9.20. The zero-order valence-corrected chi connectivity index (χ0v) is 21.5. The van der Waals surface area contributed by atoms with E-state index in [0.717, 1.165) is 11.3 Å². The minimum absolute atomic E-state index is 0.0448. The van der Waals surface area contributed by atoms with Crippen LogP contribution >= 0.6 is 0 Å². The number of carbonyl (C=O) groups is 3. The molecule has 0 fully saturated rings. The van der Waals surface area contributed by atoms with Crippen LogP contribution in [0.1, 0.15) is 30.9 Å². The van der Waals surface area contributed by atoms with E-state index in [0.29, 0.717) is 23.4 Å². The number of nitrogens with zero attached hydrogens (tertiary/aromatic N) is 1. The highest BCUT2D eigenvalue weighted by Crippen LogP contribution is 2.40. The summed E-state index contributed by atoms with van der Waals surface area (Å²) in [7, 11) is 2.54. The van der Waals surface area contributed by atoms with E-state index < -0.39 is 22.8 Å². The molecule has 200 valence electrons. The molecule has 0 aromatic heterocycles. The van der Waals surface area contributed by atoms with Crippen molar-refractivity contribution >= 4 is 29.3 Å². The summed E-state index contributed by atoms with van der Waals surface area (Å²) in [5, 5.41) is 17.4. The first-order valence-electron chi connectivity index (χ1n) is 11.7. The molecule has 0 radical (unpaired) electrons. The lowest BCUT2D eigenvalue weighted by molar-refractivity contribution is -0.384. The molecule has 1 heterocycles. The van der Waals surface area contributed by atoms with Crippen LogP contribution in [-0.2, 0) is 35.0 Å². The Balaban J connectivity index is 1.79. The van der Waals surface area contributed by atoms with Crippen LogP contribution in [0, 0.1) is 10.1 Å². The van der Waals surface area contributed by atoms with Crippen LogP contribution in [0.5, 0.6) is 0 Å². The number of allylic oxidation sites excluding steroid dienone is 2. The first kappa shape index (κ1) is 27.9. The summed E-state index contributed by atoms with van der Waals surface area (Å²) in [6.45, 7) is 3.45. The number of dihydropyridines is 1. The van der Waals surface area contributed by atoms with Gasteiger partial charge in [-0.1, -0.05) is 24.3 Å². The molecule has 0 saturated heterocycles. The second kappa shape index (κ2) is 12.5. The Hall–Kier alpha value is -4.67. The van der Waals surface area contributed by atoms with Crippen LogP contribution < -0.4 is 10.6 Å². The predicted molar refractivity (Wildman–Crippen MR) is 138 cm³/mol. The molecule has 2 aromatic carbocycles. The van der Waals surface area contributed by atoms with Crippen molar-refractivity contribution in [3.63, 3.8) is 0 Å². The molecule has 38 heavy (non-hydrogen) atoms. The topological polar surface area (TPSA) is 146 Å². The van der Waals surface area contributed by atoms with Crippen molar-refractivity contribution in [2.24, 2.45) is 0 Å². The third-order valence-electron chi connectivity index (χ3n) is 6.04. The fourth-order valence-corrected chi connectivity index (χ4v) is 4.17. The number of nitrogens with one attached hydrogen (secondary N) is 2. The van der Waals surface area contributed by atoms with Crippen LogP contribution in [0.4, 0.5) is 11.4 Å².